The van der Waals surface area contributed by atoms with E-state index in [1.165, 1.54) is 11.8 Å². The summed E-state index contributed by atoms with van der Waals surface area (Å²) in [6.45, 7) is -0.0655. The van der Waals surface area contributed by atoms with E-state index in [9.17, 15) is 9.90 Å². The van der Waals surface area contributed by atoms with Crippen molar-refractivity contribution in [3.8, 4) is 0 Å². The molecule has 1 aliphatic rings. The van der Waals surface area contributed by atoms with Crippen LogP contribution in [-0.4, -0.2) is 28.5 Å². The van der Waals surface area contributed by atoms with Crippen LogP contribution in [0, 0.1) is 0 Å². The number of nitrogens with zero attached hydrogens (tertiary/aromatic N) is 1. The summed E-state index contributed by atoms with van der Waals surface area (Å²) >= 11 is 1.37. The van der Waals surface area contributed by atoms with E-state index in [0.29, 0.717) is 10.9 Å². The summed E-state index contributed by atoms with van der Waals surface area (Å²) in [7, 11) is 0. The van der Waals surface area contributed by atoms with Crippen molar-refractivity contribution in [2.45, 2.75) is 6.04 Å². The predicted octanol–water partition coefficient (Wildman–Crippen LogP) is 0.939. The SMILES string of the molecule is O=C1CSC(=NC(CO)c2ccccc2)N1. The second kappa shape index (κ2) is 5.14. The molecule has 1 aromatic carbocycles. The topological polar surface area (TPSA) is 61.7 Å². The fourth-order valence-electron chi connectivity index (χ4n) is 1.43. The summed E-state index contributed by atoms with van der Waals surface area (Å²) in [6.07, 6.45) is 0. The summed E-state index contributed by atoms with van der Waals surface area (Å²) in [4.78, 5) is 15.3. The third kappa shape index (κ3) is 2.62. The first-order valence-electron chi connectivity index (χ1n) is 4.96. The molecular weight excluding hydrogens is 224 g/mol. The van der Waals surface area contributed by atoms with Crippen LogP contribution in [0.5, 0.6) is 0 Å². The maximum Gasteiger partial charge on any atom is 0.236 e. The van der Waals surface area contributed by atoms with Gasteiger partial charge in [0.05, 0.1) is 12.4 Å². The molecule has 0 aromatic heterocycles. The average molecular weight is 236 g/mol. The molecule has 1 saturated heterocycles. The molecular formula is C11H12N2O2S. The molecule has 0 radical (unpaired) electrons. The number of hydrogen-bond acceptors (Lipinski definition) is 4. The molecule has 1 fully saturated rings. The van der Waals surface area contributed by atoms with Gasteiger partial charge in [-0.3, -0.25) is 9.79 Å². The zero-order valence-electron chi connectivity index (χ0n) is 8.59. The number of amides is 1. The highest BCUT2D eigenvalue weighted by Crippen LogP contribution is 2.19. The normalized spacial score (nSPS) is 19.8. The van der Waals surface area contributed by atoms with E-state index in [4.69, 9.17) is 0 Å². The summed E-state index contributed by atoms with van der Waals surface area (Å²) in [5.41, 5.74) is 0.944. The quantitative estimate of drug-likeness (QED) is 0.821. The van der Waals surface area contributed by atoms with Crippen LogP contribution in [-0.2, 0) is 4.79 Å². The Labute approximate surface area is 97.8 Å². The number of amidine groups is 1. The molecule has 1 heterocycles. The van der Waals surface area contributed by atoms with Gasteiger partial charge in [0.1, 0.15) is 6.04 Å². The van der Waals surface area contributed by atoms with Crippen LogP contribution < -0.4 is 5.32 Å². The van der Waals surface area contributed by atoms with Crippen LogP contribution >= 0.6 is 11.8 Å². The molecule has 1 atom stereocenters. The zero-order valence-corrected chi connectivity index (χ0v) is 9.41. The van der Waals surface area contributed by atoms with Crippen molar-refractivity contribution in [2.75, 3.05) is 12.4 Å². The molecule has 2 rings (SSSR count). The van der Waals surface area contributed by atoms with Gasteiger partial charge >= 0.3 is 0 Å². The third-order valence-corrected chi connectivity index (χ3v) is 3.10. The Balaban J connectivity index is 2.15. The van der Waals surface area contributed by atoms with Crippen LogP contribution in [0.2, 0.25) is 0 Å². The lowest BCUT2D eigenvalue weighted by molar-refractivity contribution is -0.116. The van der Waals surface area contributed by atoms with Gasteiger partial charge in [-0.1, -0.05) is 42.1 Å². The second-order valence-electron chi connectivity index (χ2n) is 3.38. The predicted molar refractivity (Wildman–Crippen MR) is 64.3 cm³/mol. The molecule has 1 unspecified atom stereocenters. The fraction of sp³-hybridized carbons (Fsp3) is 0.273. The average Bonchev–Trinajstić information content (AvgIpc) is 2.73. The number of rotatable bonds is 3. The molecule has 0 aliphatic carbocycles. The highest BCUT2D eigenvalue weighted by atomic mass is 32.2. The highest BCUT2D eigenvalue weighted by Gasteiger charge is 2.18. The van der Waals surface area contributed by atoms with E-state index < -0.39 is 0 Å². The smallest absolute Gasteiger partial charge is 0.236 e. The Morgan fingerprint density at radius 3 is 2.75 bits per heavy atom. The van der Waals surface area contributed by atoms with Gasteiger partial charge in [0.2, 0.25) is 5.91 Å². The maximum absolute atomic E-state index is 11.0. The van der Waals surface area contributed by atoms with Crippen molar-refractivity contribution < 1.29 is 9.90 Å². The molecule has 16 heavy (non-hydrogen) atoms. The lowest BCUT2D eigenvalue weighted by Crippen LogP contribution is -2.21. The van der Waals surface area contributed by atoms with Crippen LogP contribution in [0.25, 0.3) is 0 Å². The Morgan fingerprint density at radius 1 is 1.44 bits per heavy atom. The minimum absolute atomic E-state index is 0.0338. The van der Waals surface area contributed by atoms with Crippen molar-refractivity contribution in [1.29, 1.82) is 0 Å². The van der Waals surface area contributed by atoms with Gasteiger partial charge in [-0.25, -0.2) is 0 Å². The number of carbonyl (C=O) groups excluding carboxylic acids is 1. The molecule has 0 bridgehead atoms. The minimum atomic E-state index is -0.304. The van der Waals surface area contributed by atoms with Gasteiger partial charge in [-0.05, 0) is 5.56 Å². The monoisotopic (exact) mass is 236 g/mol. The van der Waals surface area contributed by atoms with Crippen molar-refractivity contribution in [1.82, 2.24) is 5.32 Å². The Hall–Kier alpha value is -1.33. The Kier molecular flexibility index (Phi) is 3.58. The van der Waals surface area contributed by atoms with E-state index >= 15 is 0 Å². The van der Waals surface area contributed by atoms with Crippen LogP contribution in [0.3, 0.4) is 0 Å². The van der Waals surface area contributed by atoms with Gasteiger partial charge in [-0.2, -0.15) is 0 Å². The molecule has 84 valence electrons. The number of aliphatic imine (C=N–C) groups is 1. The van der Waals surface area contributed by atoms with E-state index in [0.717, 1.165) is 5.56 Å². The minimum Gasteiger partial charge on any atom is -0.394 e. The lowest BCUT2D eigenvalue weighted by Gasteiger charge is -2.10. The molecule has 1 aliphatic heterocycles. The third-order valence-electron chi connectivity index (χ3n) is 2.22. The Bertz CT molecular complexity index is 406. The van der Waals surface area contributed by atoms with Crippen molar-refractivity contribution in [3.05, 3.63) is 35.9 Å². The molecule has 1 aromatic rings. The fourth-order valence-corrected chi connectivity index (χ4v) is 2.16. The highest BCUT2D eigenvalue weighted by molar-refractivity contribution is 8.15. The molecule has 0 saturated carbocycles. The Morgan fingerprint density at radius 2 is 2.19 bits per heavy atom. The van der Waals surface area contributed by atoms with Gasteiger partial charge in [0, 0.05) is 0 Å². The lowest BCUT2D eigenvalue weighted by atomic mass is 10.1. The van der Waals surface area contributed by atoms with Gasteiger partial charge in [-0.15, -0.1) is 0 Å². The maximum atomic E-state index is 11.0. The van der Waals surface area contributed by atoms with E-state index in [1.54, 1.807) is 0 Å². The number of thioether (sulfide) groups is 1. The number of aliphatic hydroxyl groups is 1. The summed E-state index contributed by atoms with van der Waals surface area (Å²) in [5.74, 6) is 0.375. The van der Waals surface area contributed by atoms with Gasteiger partial charge < -0.3 is 10.4 Å². The number of carbonyl (C=O) groups is 1. The zero-order chi connectivity index (χ0) is 11.4. The summed E-state index contributed by atoms with van der Waals surface area (Å²) in [6, 6.07) is 9.23. The standard InChI is InChI=1S/C11H12N2O2S/c14-6-9(8-4-2-1-3-5-8)12-11-13-10(15)7-16-11/h1-5,9,14H,6-7H2,(H,12,13,15). The number of nitrogens with one attached hydrogen (secondary N) is 1. The second-order valence-corrected chi connectivity index (χ2v) is 4.34. The van der Waals surface area contributed by atoms with Crippen LogP contribution in [0.15, 0.2) is 35.3 Å². The molecule has 0 spiro atoms. The number of hydrogen-bond donors (Lipinski definition) is 2. The summed E-state index contributed by atoms with van der Waals surface area (Å²) in [5, 5.41) is 12.5. The molecule has 1 amide bonds. The van der Waals surface area contributed by atoms with Crippen LogP contribution in [0.1, 0.15) is 11.6 Å². The number of aliphatic hydroxyl groups excluding tert-OH is 1. The molecule has 2 N–H and O–H groups in total. The van der Waals surface area contributed by atoms with Crippen molar-refractivity contribution in [2.24, 2.45) is 4.99 Å². The van der Waals surface area contributed by atoms with E-state index in [2.05, 4.69) is 10.3 Å². The van der Waals surface area contributed by atoms with Gasteiger partial charge in [0.15, 0.2) is 5.17 Å². The number of benzene rings is 1. The van der Waals surface area contributed by atoms with Crippen molar-refractivity contribution in [3.63, 3.8) is 0 Å². The van der Waals surface area contributed by atoms with E-state index in [-0.39, 0.29) is 18.6 Å². The first-order valence-corrected chi connectivity index (χ1v) is 5.94. The summed E-state index contributed by atoms with van der Waals surface area (Å²) < 4.78 is 0. The first-order chi connectivity index (χ1) is 7.79. The molecule has 5 heteroatoms. The van der Waals surface area contributed by atoms with Crippen molar-refractivity contribution >= 4 is 22.8 Å². The van der Waals surface area contributed by atoms with Gasteiger partial charge in [0.25, 0.3) is 0 Å². The van der Waals surface area contributed by atoms with Crippen LogP contribution in [0.4, 0.5) is 0 Å². The first kappa shape index (κ1) is 11.2. The molecule has 4 nitrogen and oxygen atoms in total. The largest absolute Gasteiger partial charge is 0.394 e. The van der Waals surface area contributed by atoms with E-state index in [1.807, 2.05) is 30.3 Å².